The van der Waals surface area contributed by atoms with Gasteiger partial charge in [-0.15, -0.1) is 0 Å². The first kappa shape index (κ1) is 15.7. The number of hydrazone groups is 1. The molecule has 24 heavy (non-hydrogen) atoms. The highest BCUT2D eigenvalue weighted by Gasteiger charge is 2.17. The van der Waals surface area contributed by atoms with Crippen molar-refractivity contribution >= 4 is 12.0 Å². The van der Waals surface area contributed by atoms with Crippen molar-refractivity contribution in [1.82, 2.24) is 14.8 Å². The first-order valence-corrected chi connectivity index (χ1v) is 7.61. The van der Waals surface area contributed by atoms with Gasteiger partial charge in [0.05, 0.1) is 11.3 Å². The molecule has 120 valence electrons. The standard InChI is InChI=1S/C19H18N4O/c1-22(2)20-18(14-24)17-13-23(16-11-7-4-8-12-16)21-19(17)15-9-5-3-6-10-15/h3-14H,1-2H3/b20-18-. The van der Waals surface area contributed by atoms with Crippen molar-refractivity contribution in [2.24, 2.45) is 5.10 Å². The third kappa shape index (κ3) is 3.25. The summed E-state index contributed by atoms with van der Waals surface area (Å²) in [5, 5.41) is 10.6. The lowest BCUT2D eigenvalue weighted by atomic mass is 10.1. The Morgan fingerprint density at radius 2 is 1.67 bits per heavy atom. The van der Waals surface area contributed by atoms with Crippen LogP contribution in [0.15, 0.2) is 72.0 Å². The van der Waals surface area contributed by atoms with Gasteiger partial charge in [-0.2, -0.15) is 10.2 Å². The predicted octanol–water partition coefficient (Wildman–Crippen LogP) is 3.00. The van der Waals surface area contributed by atoms with Gasteiger partial charge in [-0.25, -0.2) is 4.68 Å². The Balaban J connectivity index is 2.19. The molecule has 2 aromatic carbocycles. The zero-order chi connectivity index (χ0) is 16.9. The highest BCUT2D eigenvalue weighted by atomic mass is 16.1. The SMILES string of the molecule is CN(C)/N=C(/C=O)c1cn(-c2ccccc2)nc1-c1ccccc1. The molecule has 0 fully saturated rings. The zero-order valence-electron chi connectivity index (χ0n) is 13.6. The molecule has 0 N–H and O–H groups in total. The van der Waals surface area contributed by atoms with Crippen molar-refractivity contribution in [3.63, 3.8) is 0 Å². The van der Waals surface area contributed by atoms with Crippen LogP contribution in [0.2, 0.25) is 0 Å². The number of hydrogen-bond acceptors (Lipinski definition) is 4. The molecule has 0 amide bonds. The molecule has 5 heteroatoms. The molecule has 0 bridgehead atoms. The van der Waals surface area contributed by atoms with Crippen LogP contribution in [0.3, 0.4) is 0 Å². The molecular formula is C19H18N4O. The van der Waals surface area contributed by atoms with Crippen molar-refractivity contribution in [1.29, 1.82) is 0 Å². The summed E-state index contributed by atoms with van der Waals surface area (Å²) in [6.07, 6.45) is 2.60. The molecule has 0 radical (unpaired) electrons. The summed E-state index contributed by atoms with van der Waals surface area (Å²) in [5.41, 5.74) is 3.65. The third-order valence-electron chi connectivity index (χ3n) is 3.48. The average Bonchev–Trinajstić information content (AvgIpc) is 3.06. The number of carbonyl (C=O) groups is 1. The van der Waals surface area contributed by atoms with Crippen molar-refractivity contribution in [3.05, 3.63) is 72.4 Å². The lowest BCUT2D eigenvalue weighted by molar-refractivity contribution is -0.102. The minimum Gasteiger partial charge on any atom is -0.302 e. The predicted molar refractivity (Wildman–Crippen MR) is 95.3 cm³/mol. The number of aldehydes is 1. The fraction of sp³-hybridized carbons (Fsp3) is 0.105. The summed E-state index contributed by atoms with van der Waals surface area (Å²) < 4.78 is 1.77. The van der Waals surface area contributed by atoms with Gasteiger partial charge in [-0.1, -0.05) is 48.5 Å². The van der Waals surface area contributed by atoms with Crippen molar-refractivity contribution in [2.45, 2.75) is 0 Å². The van der Waals surface area contributed by atoms with E-state index in [2.05, 4.69) is 10.2 Å². The summed E-state index contributed by atoms with van der Waals surface area (Å²) in [5.74, 6) is 0. The summed E-state index contributed by atoms with van der Waals surface area (Å²) >= 11 is 0. The quantitative estimate of drug-likeness (QED) is 0.413. The Labute approximate surface area is 140 Å². The molecule has 0 spiro atoms. The Morgan fingerprint density at radius 3 is 2.25 bits per heavy atom. The van der Waals surface area contributed by atoms with Gasteiger partial charge >= 0.3 is 0 Å². The van der Waals surface area contributed by atoms with Crippen LogP contribution in [0.1, 0.15) is 5.56 Å². The second-order valence-electron chi connectivity index (χ2n) is 5.49. The maximum absolute atomic E-state index is 11.6. The Hall–Kier alpha value is -3.21. The second kappa shape index (κ2) is 6.91. The largest absolute Gasteiger partial charge is 0.302 e. The van der Waals surface area contributed by atoms with Crippen LogP contribution in [-0.4, -0.2) is 40.9 Å². The Bertz CT molecular complexity index is 852. The molecule has 0 atom stereocenters. The number of rotatable bonds is 5. The first-order valence-electron chi connectivity index (χ1n) is 7.61. The minimum atomic E-state index is 0.348. The summed E-state index contributed by atoms with van der Waals surface area (Å²) in [6, 6.07) is 19.6. The number of carbonyl (C=O) groups excluding carboxylic acids is 1. The van der Waals surface area contributed by atoms with Crippen LogP contribution in [0.4, 0.5) is 0 Å². The van der Waals surface area contributed by atoms with E-state index < -0.39 is 0 Å². The van der Waals surface area contributed by atoms with Gasteiger partial charge in [0.25, 0.3) is 0 Å². The molecule has 0 aliphatic carbocycles. The maximum Gasteiger partial charge on any atom is 0.170 e. The lowest BCUT2D eigenvalue weighted by Gasteiger charge is -2.06. The van der Waals surface area contributed by atoms with E-state index in [1.165, 1.54) is 0 Å². The monoisotopic (exact) mass is 318 g/mol. The Morgan fingerprint density at radius 1 is 1.04 bits per heavy atom. The highest BCUT2D eigenvalue weighted by Crippen LogP contribution is 2.24. The topological polar surface area (TPSA) is 50.5 Å². The smallest absolute Gasteiger partial charge is 0.170 e. The second-order valence-corrected chi connectivity index (χ2v) is 5.49. The third-order valence-corrected chi connectivity index (χ3v) is 3.48. The van der Waals surface area contributed by atoms with Gasteiger partial charge in [-0.3, -0.25) is 4.79 Å². The minimum absolute atomic E-state index is 0.348. The first-order chi connectivity index (χ1) is 11.7. The summed E-state index contributed by atoms with van der Waals surface area (Å²) in [6.45, 7) is 0. The van der Waals surface area contributed by atoms with Gasteiger partial charge in [0.15, 0.2) is 6.29 Å². The van der Waals surface area contributed by atoms with Crippen LogP contribution < -0.4 is 0 Å². The van der Waals surface area contributed by atoms with E-state index in [9.17, 15) is 4.79 Å². The van der Waals surface area contributed by atoms with Crippen molar-refractivity contribution < 1.29 is 4.79 Å². The van der Waals surface area contributed by atoms with Gasteiger partial charge < -0.3 is 5.01 Å². The molecular weight excluding hydrogens is 300 g/mol. The van der Waals surface area contributed by atoms with E-state index in [4.69, 9.17) is 0 Å². The van der Waals surface area contributed by atoms with Gasteiger partial charge in [0, 0.05) is 25.9 Å². The van der Waals surface area contributed by atoms with Crippen LogP contribution in [0.5, 0.6) is 0 Å². The van der Waals surface area contributed by atoms with Gasteiger partial charge in [-0.05, 0) is 12.1 Å². The van der Waals surface area contributed by atoms with E-state index in [0.29, 0.717) is 11.3 Å². The van der Waals surface area contributed by atoms with Crippen LogP contribution in [0.25, 0.3) is 16.9 Å². The van der Waals surface area contributed by atoms with Gasteiger partial charge in [0.2, 0.25) is 0 Å². The van der Waals surface area contributed by atoms with E-state index in [-0.39, 0.29) is 0 Å². The molecule has 1 aromatic heterocycles. The fourth-order valence-electron chi connectivity index (χ4n) is 2.44. The zero-order valence-corrected chi connectivity index (χ0v) is 13.6. The molecule has 0 saturated heterocycles. The van der Waals surface area contributed by atoms with E-state index >= 15 is 0 Å². The molecule has 3 rings (SSSR count). The van der Waals surface area contributed by atoms with E-state index in [1.807, 2.05) is 66.9 Å². The van der Waals surface area contributed by atoms with Crippen molar-refractivity contribution in [3.8, 4) is 16.9 Å². The van der Waals surface area contributed by atoms with E-state index in [1.54, 1.807) is 23.8 Å². The molecule has 0 aliphatic rings. The molecule has 0 unspecified atom stereocenters. The Kier molecular flexibility index (Phi) is 4.52. The van der Waals surface area contributed by atoms with Gasteiger partial charge in [0.1, 0.15) is 11.4 Å². The normalized spacial score (nSPS) is 11.3. The van der Waals surface area contributed by atoms with Crippen LogP contribution in [0, 0.1) is 0 Å². The number of aromatic nitrogens is 2. The molecule has 0 aliphatic heterocycles. The van der Waals surface area contributed by atoms with E-state index in [0.717, 1.165) is 23.2 Å². The van der Waals surface area contributed by atoms with Crippen LogP contribution in [-0.2, 0) is 4.79 Å². The molecule has 3 aromatic rings. The average molecular weight is 318 g/mol. The number of para-hydroxylation sites is 1. The molecule has 0 saturated carbocycles. The number of nitrogens with zero attached hydrogens (tertiary/aromatic N) is 4. The maximum atomic E-state index is 11.6. The number of benzene rings is 2. The molecule has 5 nitrogen and oxygen atoms in total. The molecule has 1 heterocycles. The van der Waals surface area contributed by atoms with Crippen LogP contribution >= 0.6 is 0 Å². The van der Waals surface area contributed by atoms with Crippen molar-refractivity contribution in [2.75, 3.05) is 14.1 Å². The summed E-state index contributed by atoms with van der Waals surface area (Å²) in [7, 11) is 3.57. The summed E-state index contributed by atoms with van der Waals surface area (Å²) in [4.78, 5) is 11.6. The highest BCUT2D eigenvalue weighted by molar-refractivity contribution is 6.37. The fourth-order valence-corrected chi connectivity index (χ4v) is 2.44. The lowest BCUT2D eigenvalue weighted by Crippen LogP contribution is -2.11. The number of hydrogen-bond donors (Lipinski definition) is 0.